The summed E-state index contributed by atoms with van der Waals surface area (Å²) in [5.74, 6) is -1.36. The van der Waals surface area contributed by atoms with Crippen molar-refractivity contribution in [3.63, 3.8) is 0 Å². The van der Waals surface area contributed by atoms with Crippen molar-refractivity contribution in [2.45, 2.75) is 31.2 Å². The number of benzene rings is 1. The zero-order chi connectivity index (χ0) is 11.8. The van der Waals surface area contributed by atoms with Gasteiger partial charge in [0.2, 0.25) is 0 Å². The molecule has 1 aromatic carbocycles. The minimum atomic E-state index is -0.772. The summed E-state index contributed by atoms with van der Waals surface area (Å²) in [5, 5.41) is 18.1. The molecule has 1 aliphatic carbocycles. The average molecular weight is 220 g/mol. The van der Waals surface area contributed by atoms with Crippen LogP contribution in [0.25, 0.3) is 0 Å². The third kappa shape index (κ3) is 1.63. The number of hydrogen-bond donors (Lipinski definition) is 2. The smallest absolute Gasteiger partial charge is 0.169 e. The molecule has 0 radical (unpaired) electrons. The average Bonchev–Trinajstić information content (AvgIpc) is 2.70. The lowest BCUT2D eigenvalue weighted by Gasteiger charge is -2.24. The zero-order valence-electron chi connectivity index (χ0n) is 8.83. The standard InChI is InChI=1S/C12H13FN2O/c13-10-6-9(5-8(7-14)11(10)16)12(15)3-1-2-4-12/h5-6,16H,1-4,15H2. The van der Waals surface area contributed by atoms with Gasteiger partial charge in [0.15, 0.2) is 11.6 Å². The van der Waals surface area contributed by atoms with E-state index in [0.717, 1.165) is 25.7 Å². The Morgan fingerprint density at radius 2 is 2.00 bits per heavy atom. The molecule has 1 saturated carbocycles. The van der Waals surface area contributed by atoms with Gasteiger partial charge in [-0.1, -0.05) is 12.8 Å². The molecule has 0 heterocycles. The molecular formula is C12H13FN2O. The van der Waals surface area contributed by atoms with Crippen molar-refractivity contribution in [1.29, 1.82) is 5.26 Å². The Labute approximate surface area is 93.3 Å². The first-order valence-corrected chi connectivity index (χ1v) is 5.29. The molecule has 2 rings (SSSR count). The summed E-state index contributed by atoms with van der Waals surface area (Å²) in [6, 6.07) is 4.50. The van der Waals surface area contributed by atoms with Crippen LogP contribution < -0.4 is 5.73 Å². The van der Waals surface area contributed by atoms with Crippen molar-refractivity contribution in [2.75, 3.05) is 0 Å². The number of aromatic hydroxyl groups is 1. The van der Waals surface area contributed by atoms with E-state index in [-0.39, 0.29) is 5.56 Å². The van der Waals surface area contributed by atoms with E-state index >= 15 is 0 Å². The molecule has 0 atom stereocenters. The Bertz CT molecular complexity index is 459. The Kier molecular flexibility index (Phi) is 2.56. The number of hydrogen-bond acceptors (Lipinski definition) is 3. The molecule has 84 valence electrons. The summed E-state index contributed by atoms with van der Waals surface area (Å²) in [6.07, 6.45) is 3.62. The predicted octanol–water partition coefficient (Wildman–Crippen LogP) is 2.13. The van der Waals surface area contributed by atoms with Gasteiger partial charge in [0.05, 0.1) is 5.56 Å². The summed E-state index contributed by atoms with van der Waals surface area (Å²) in [7, 11) is 0. The lowest BCUT2D eigenvalue weighted by atomic mass is 9.88. The van der Waals surface area contributed by atoms with Crippen molar-refractivity contribution in [1.82, 2.24) is 0 Å². The van der Waals surface area contributed by atoms with Crippen LogP contribution in [0.4, 0.5) is 4.39 Å². The number of halogens is 1. The molecule has 0 bridgehead atoms. The topological polar surface area (TPSA) is 70.0 Å². The van der Waals surface area contributed by atoms with Crippen molar-refractivity contribution in [3.8, 4) is 11.8 Å². The first kappa shape index (κ1) is 10.9. The normalized spacial score (nSPS) is 18.3. The largest absolute Gasteiger partial charge is 0.504 e. The fraction of sp³-hybridized carbons (Fsp3) is 0.417. The molecule has 1 aromatic rings. The molecule has 0 unspecified atom stereocenters. The van der Waals surface area contributed by atoms with Gasteiger partial charge in [-0.2, -0.15) is 5.26 Å². The Morgan fingerprint density at radius 3 is 2.56 bits per heavy atom. The second-order valence-electron chi connectivity index (χ2n) is 4.33. The highest BCUT2D eigenvalue weighted by molar-refractivity contribution is 5.47. The number of phenols is 1. The molecule has 1 aliphatic rings. The highest BCUT2D eigenvalue weighted by atomic mass is 19.1. The lowest BCUT2D eigenvalue weighted by Crippen LogP contribution is -2.33. The minimum Gasteiger partial charge on any atom is -0.504 e. The maximum Gasteiger partial charge on any atom is 0.169 e. The van der Waals surface area contributed by atoms with Crippen LogP contribution in [0.3, 0.4) is 0 Å². The molecule has 0 spiro atoms. The Hall–Kier alpha value is -1.60. The summed E-state index contributed by atoms with van der Waals surface area (Å²) in [4.78, 5) is 0. The van der Waals surface area contributed by atoms with Crippen LogP contribution in [0.2, 0.25) is 0 Å². The summed E-state index contributed by atoms with van der Waals surface area (Å²) in [6.45, 7) is 0. The summed E-state index contributed by atoms with van der Waals surface area (Å²) in [5.41, 5.74) is 6.18. The van der Waals surface area contributed by atoms with Crippen molar-refractivity contribution < 1.29 is 9.50 Å². The van der Waals surface area contributed by atoms with E-state index in [1.54, 1.807) is 6.07 Å². The molecule has 1 fully saturated rings. The molecule has 0 saturated heterocycles. The van der Waals surface area contributed by atoms with Gasteiger partial charge in [-0.25, -0.2) is 4.39 Å². The lowest BCUT2D eigenvalue weighted by molar-refractivity contribution is 0.421. The maximum atomic E-state index is 13.4. The van der Waals surface area contributed by atoms with Gasteiger partial charge in [-0.3, -0.25) is 0 Å². The van der Waals surface area contributed by atoms with Crippen LogP contribution in [0.5, 0.6) is 5.75 Å². The van der Waals surface area contributed by atoms with Gasteiger partial charge < -0.3 is 10.8 Å². The monoisotopic (exact) mass is 220 g/mol. The van der Waals surface area contributed by atoms with Crippen LogP contribution in [0, 0.1) is 17.1 Å². The second-order valence-corrected chi connectivity index (χ2v) is 4.33. The van der Waals surface area contributed by atoms with Gasteiger partial charge in [0, 0.05) is 5.54 Å². The molecule has 0 aromatic heterocycles. The van der Waals surface area contributed by atoms with Crippen LogP contribution in [-0.4, -0.2) is 5.11 Å². The van der Waals surface area contributed by atoms with Gasteiger partial charge >= 0.3 is 0 Å². The number of nitrogens with zero attached hydrogens (tertiary/aromatic N) is 1. The highest BCUT2D eigenvalue weighted by Crippen LogP contribution is 2.38. The minimum absolute atomic E-state index is 0.0493. The van der Waals surface area contributed by atoms with E-state index < -0.39 is 17.1 Å². The first-order chi connectivity index (χ1) is 7.57. The van der Waals surface area contributed by atoms with E-state index in [0.29, 0.717) is 5.56 Å². The van der Waals surface area contributed by atoms with Crippen LogP contribution in [-0.2, 0) is 5.54 Å². The fourth-order valence-corrected chi connectivity index (χ4v) is 2.27. The quantitative estimate of drug-likeness (QED) is 0.761. The first-order valence-electron chi connectivity index (χ1n) is 5.29. The predicted molar refractivity (Wildman–Crippen MR) is 57.1 cm³/mol. The number of nitriles is 1. The van der Waals surface area contributed by atoms with Gasteiger partial charge in [-0.15, -0.1) is 0 Å². The second kappa shape index (κ2) is 3.76. The SMILES string of the molecule is N#Cc1cc(C2(N)CCCC2)cc(F)c1O. The maximum absolute atomic E-state index is 13.4. The number of phenolic OH excluding ortho intramolecular Hbond substituents is 1. The van der Waals surface area contributed by atoms with E-state index in [4.69, 9.17) is 11.0 Å². The van der Waals surface area contributed by atoms with E-state index in [1.165, 1.54) is 12.1 Å². The van der Waals surface area contributed by atoms with Crippen molar-refractivity contribution in [2.24, 2.45) is 5.73 Å². The van der Waals surface area contributed by atoms with Crippen LogP contribution >= 0.6 is 0 Å². The Morgan fingerprint density at radius 1 is 1.38 bits per heavy atom. The molecule has 4 heteroatoms. The molecule has 0 aliphatic heterocycles. The zero-order valence-corrected chi connectivity index (χ0v) is 8.83. The van der Waals surface area contributed by atoms with E-state index in [1.807, 2.05) is 0 Å². The van der Waals surface area contributed by atoms with Gasteiger partial charge in [0.1, 0.15) is 6.07 Å². The third-order valence-electron chi connectivity index (χ3n) is 3.25. The van der Waals surface area contributed by atoms with Crippen LogP contribution in [0.15, 0.2) is 12.1 Å². The number of nitrogens with two attached hydrogens (primary N) is 1. The fourth-order valence-electron chi connectivity index (χ4n) is 2.27. The molecule has 3 nitrogen and oxygen atoms in total. The van der Waals surface area contributed by atoms with E-state index in [9.17, 15) is 9.50 Å². The number of rotatable bonds is 1. The highest BCUT2D eigenvalue weighted by Gasteiger charge is 2.32. The van der Waals surface area contributed by atoms with Crippen molar-refractivity contribution >= 4 is 0 Å². The van der Waals surface area contributed by atoms with Gasteiger partial charge in [0.25, 0.3) is 0 Å². The van der Waals surface area contributed by atoms with Crippen LogP contribution in [0.1, 0.15) is 36.8 Å². The molecular weight excluding hydrogens is 207 g/mol. The van der Waals surface area contributed by atoms with E-state index in [2.05, 4.69) is 0 Å². The molecule has 0 amide bonds. The van der Waals surface area contributed by atoms with Gasteiger partial charge in [-0.05, 0) is 30.5 Å². The molecule has 3 N–H and O–H groups in total. The molecule has 16 heavy (non-hydrogen) atoms. The summed E-state index contributed by atoms with van der Waals surface area (Å²) < 4.78 is 13.4. The third-order valence-corrected chi connectivity index (χ3v) is 3.25. The summed E-state index contributed by atoms with van der Waals surface area (Å²) >= 11 is 0. The van der Waals surface area contributed by atoms with Crippen molar-refractivity contribution in [3.05, 3.63) is 29.1 Å². The Balaban J connectivity index is 2.51.